The van der Waals surface area contributed by atoms with Crippen molar-refractivity contribution < 1.29 is 4.79 Å². The first-order chi connectivity index (χ1) is 9.49. The molecule has 0 bridgehead atoms. The maximum absolute atomic E-state index is 12.4. The zero-order chi connectivity index (χ0) is 14.7. The van der Waals surface area contributed by atoms with Crippen molar-refractivity contribution in [2.24, 2.45) is 5.73 Å². The van der Waals surface area contributed by atoms with Crippen LogP contribution >= 0.6 is 0 Å². The zero-order valence-corrected chi connectivity index (χ0v) is 12.9. The van der Waals surface area contributed by atoms with Gasteiger partial charge in [0.25, 0.3) is 0 Å². The Balaban J connectivity index is 2.18. The quantitative estimate of drug-likeness (QED) is 0.916. The summed E-state index contributed by atoms with van der Waals surface area (Å²) in [5.41, 5.74) is 9.53. The van der Waals surface area contributed by atoms with Crippen molar-refractivity contribution in [1.29, 1.82) is 0 Å². The van der Waals surface area contributed by atoms with Crippen molar-refractivity contribution in [1.82, 2.24) is 0 Å². The molecule has 0 fully saturated rings. The molecule has 1 aromatic rings. The largest absolute Gasteiger partial charge is 0.328 e. The van der Waals surface area contributed by atoms with E-state index in [0.29, 0.717) is 12.3 Å². The number of amides is 1. The van der Waals surface area contributed by atoms with E-state index in [9.17, 15) is 4.79 Å². The van der Waals surface area contributed by atoms with Crippen molar-refractivity contribution in [2.75, 3.05) is 11.4 Å². The first kappa shape index (κ1) is 15.0. The summed E-state index contributed by atoms with van der Waals surface area (Å²) in [6.45, 7) is 7.20. The van der Waals surface area contributed by atoms with Gasteiger partial charge in [-0.25, -0.2) is 0 Å². The molecule has 1 atom stereocenters. The van der Waals surface area contributed by atoms with Gasteiger partial charge in [-0.05, 0) is 49.3 Å². The molecule has 1 aliphatic heterocycles. The van der Waals surface area contributed by atoms with Crippen LogP contribution in [0.5, 0.6) is 0 Å². The van der Waals surface area contributed by atoms with Crippen molar-refractivity contribution >= 4 is 11.6 Å². The summed E-state index contributed by atoms with van der Waals surface area (Å²) in [6, 6.07) is 6.63. The second-order valence-electron chi connectivity index (χ2n) is 6.21. The van der Waals surface area contributed by atoms with Gasteiger partial charge in [0.05, 0.1) is 0 Å². The molecule has 0 aliphatic carbocycles. The lowest BCUT2D eigenvalue weighted by Gasteiger charge is -2.30. The summed E-state index contributed by atoms with van der Waals surface area (Å²) < 4.78 is 0. The van der Waals surface area contributed by atoms with Crippen molar-refractivity contribution in [3.8, 4) is 0 Å². The second-order valence-corrected chi connectivity index (χ2v) is 6.21. The highest BCUT2D eigenvalue weighted by molar-refractivity contribution is 5.94. The summed E-state index contributed by atoms with van der Waals surface area (Å²) in [7, 11) is 0. The number of carbonyl (C=O) groups is 1. The minimum absolute atomic E-state index is 0.0894. The van der Waals surface area contributed by atoms with Gasteiger partial charge in [0.1, 0.15) is 0 Å². The third-order valence-electron chi connectivity index (χ3n) is 4.00. The summed E-state index contributed by atoms with van der Waals surface area (Å²) in [5.74, 6) is 0.741. The molecule has 1 aromatic carbocycles. The lowest BCUT2D eigenvalue weighted by molar-refractivity contribution is -0.118. The van der Waals surface area contributed by atoms with Crippen LogP contribution in [-0.2, 0) is 11.2 Å². The van der Waals surface area contributed by atoms with Gasteiger partial charge in [0.2, 0.25) is 5.91 Å². The van der Waals surface area contributed by atoms with Crippen LogP contribution in [0.4, 0.5) is 5.69 Å². The molecule has 1 unspecified atom stereocenters. The summed E-state index contributed by atoms with van der Waals surface area (Å²) in [5, 5.41) is 0. The number of nitrogens with zero attached hydrogens (tertiary/aromatic N) is 1. The van der Waals surface area contributed by atoms with Crippen molar-refractivity contribution in [3.63, 3.8) is 0 Å². The van der Waals surface area contributed by atoms with Crippen LogP contribution in [-0.4, -0.2) is 18.5 Å². The predicted octanol–water partition coefficient (Wildman–Crippen LogP) is 3.22. The first-order valence-electron chi connectivity index (χ1n) is 7.68. The fourth-order valence-electron chi connectivity index (χ4n) is 2.72. The fraction of sp³-hybridized carbons (Fsp3) is 0.588. The monoisotopic (exact) mass is 274 g/mol. The van der Waals surface area contributed by atoms with E-state index in [0.717, 1.165) is 31.5 Å². The Morgan fingerprint density at radius 2 is 2.10 bits per heavy atom. The second kappa shape index (κ2) is 6.40. The molecule has 2 N–H and O–H groups in total. The summed E-state index contributed by atoms with van der Waals surface area (Å²) >= 11 is 0. The molecular formula is C17H26N2O. The van der Waals surface area contributed by atoms with Gasteiger partial charge < -0.3 is 10.6 Å². The molecule has 0 saturated carbocycles. The minimum Gasteiger partial charge on any atom is -0.328 e. The molecule has 110 valence electrons. The maximum atomic E-state index is 12.4. The van der Waals surface area contributed by atoms with E-state index >= 15 is 0 Å². The third kappa shape index (κ3) is 3.40. The summed E-state index contributed by atoms with van der Waals surface area (Å²) in [6.07, 6.45) is 3.43. The van der Waals surface area contributed by atoms with Gasteiger partial charge in [-0.3, -0.25) is 4.79 Å². The van der Waals surface area contributed by atoms with Crippen LogP contribution in [0.25, 0.3) is 0 Å². The number of fused-ring (bicyclic) bond motifs is 1. The Kier molecular flexibility index (Phi) is 4.81. The maximum Gasteiger partial charge on any atom is 0.227 e. The van der Waals surface area contributed by atoms with E-state index in [-0.39, 0.29) is 11.9 Å². The smallest absolute Gasteiger partial charge is 0.227 e. The molecule has 1 heterocycles. The fourth-order valence-corrected chi connectivity index (χ4v) is 2.72. The van der Waals surface area contributed by atoms with Gasteiger partial charge in [-0.2, -0.15) is 0 Å². The highest BCUT2D eigenvalue weighted by atomic mass is 16.2. The predicted molar refractivity (Wildman–Crippen MR) is 84.1 cm³/mol. The van der Waals surface area contributed by atoms with Gasteiger partial charge >= 0.3 is 0 Å². The van der Waals surface area contributed by atoms with E-state index in [4.69, 9.17) is 5.73 Å². The van der Waals surface area contributed by atoms with Gasteiger partial charge in [-0.15, -0.1) is 0 Å². The number of rotatable bonds is 4. The topological polar surface area (TPSA) is 46.3 Å². The van der Waals surface area contributed by atoms with E-state index in [1.807, 2.05) is 11.8 Å². The first-order valence-corrected chi connectivity index (χ1v) is 7.68. The van der Waals surface area contributed by atoms with Crippen molar-refractivity contribution in [2.45, 2.75) is 58.4 Å². The molecule has 0 saturated heterocycles. The third-order valence-corrected chi connectivity index (χ3v) is 4.00. The SMILES string of the molecule is CC(N)CCC(=O)N1CCCc2cc(C(C)C)ccc21. The number of benzene rings is 1. The average molecular weight is 274 g/mol. The number of anilines is 1. The molecule has 20 heavy (non-hydrogen) atoms. The molecule has 2 rings (SSSR count). The number of carbonyl (C=O) groups excluding carboxylic acids is 1. The summed E-state index contributed by atoms with van der Waals surface area (Å²) in [4.78, 5) is 14.3. The number of nitrogens with two attached hydrogens (primary N) is 1. The molecule has 1 aliphatic rings. The van der Waals surface area contributed by atoms with E-state index in [2.05, 4.69) is 32.0 Å². The van der Waals surface area contributed by atoms with Crippen LogP contribution < -0.4 is 10.6 Å². The molecule has 3 heteroatoms. The highest BCUT2D eigenvalue weighted by Crippen LogP contribution is 2.30. The Hall–Kier alpha value is -1.35. The molecule has 0 radical (unpaired) electrons. The van der Waals surface area contributed by atoms with Crippen LogP contribution in [0, 0.1) is 0 Å². The molecular weight excluding hydrogens is 248 g/mol. The molecule has 0 aromatic heterocycles. The Bertz CT molecular complexity index is 480. The van der Waals surface area contributed by atoms with Crippen molar-refractivity contribution in [3.05, 3.63) is 29.3 Å². The van der Waals surface area contributed by atoms with Crippen LogP contribution in [0.15, 0.2) is 18.2 Å². The number of hydrogen-bond acceptors (Lipinski definition) is 2. The highest BCUT2D eigenvalue weighted by Gasteiger charge is 2.22. The van der Waals surface area contributed by atoms with Crippen LogP contribution in [0.1, 0.15) is 57.1 Å². The van der Waals surface area contributed by atoms with Crippen LogP contribution in [0.2, 0.25) is 0 Å². The average Bonchev–Trinajstić information content (AvgIpc) is 2.43. The minimum atomic E-state index is 0.0894. The zero-order valence-electron chi connectivity index (χ0n) is 12.9. The molecule has 3 nitrogen and oxygen atoms in total. The molecule has 0 spiro atoms. The molecule has 1 amide bonds. The Labute approximate surface area is 122 Å². The van der Waals surface area contributed by atoms with Crippen LogP contribution in [0.3, 0.4) is 0 Å². The number of hydrogen-bond donors (Lipinski definition) is 1. The standard InChI is InChI=1S/C17H26N2O/c1-12(2)14-7-8-16-15(11-14)5-4-10-19(16)17(20)9-6-13(3)18/h7-8,11-13H,4-6,9-10,18H2,1-3H3. The van der Waals surface area contributed by atoms with E-state index < -0.39 is 0 Å². The Morgan fingerprint density at radius 3 is 2.75 bits per heavy atom. The Morgan fingerprint density at radius 1 is 1.35 bits per heavy atom. The van der Waals surface area contributed by atoms with E-state index in [1.54, 1.807) is 0 Å². The van der Waals surface area contributed by atoms with Gasteiger partial charge in [-0.1, -0.05) is 26.0 Å². The normalized spacial score (nSPS) is 16.1. The van der Waals surface area contributed by atoms with Gasteiger partial charge in [0.15, 0.2) is 0 Å². The number of aryl methyl sites for hydroxylation is 1. The lowest BCUT2D eigenvalue weighted by Crippen LogP contribution is -2.36. The van der Waals surface area contributed by atoms with Gasteiger partial charge in [0, 0.05) is 24.7 Å². The lowest BCUT2D eigenvalue weighted by atomic mass is 9.94. The van der Waals surface area contributed by atoms with E-state index in [1.165, 1.54) is 11.1 Å².